The summed E-state index contributed by atoms with van der Waals surface area (Å²) in [4.78, 5) is 17.3. The fraction of sp³-hybridized carbons (Fsp3) is 0.222. The molecule has 0 aliphatic carbocycles. The number of sulfonamides is 1. The van der Waals surface area contributed by atoms with Gasteiger partial charge in [-0.1, -0.05) is 18.2 Å². The molecule has 0 saturated carbocycles. The number of para-hydroxylation sites is 2. The van der Waals surface area contributed by atoms with Crippen LogP contribution in [-0.4, -0.2) is 30.9 Å². The van der Waals surface area contributed by atoms with Crippen molar-refractivity contribution < 1.29 is 13.2 Å². The van der Waals surface area contributed by atoms with E-state index in [0.29, 0.717) is 18.1 Å². The summed E-state index contributed by atoms with van der Waals surface area (Å²) in [5.74, 6) is 0.0284. The first-order chi connectivity index (χ1) is 12.4. The normalized spacial score (nSPS) is 11.7. The zero-order valence-electron chi connectivity index (χ0n) is 14.8. The summed E-state index contributed by atoms with van der Waals surface area (Å²) in [6.07, 6.45) is 0. The van der Waals surface area contributed by atoms with E-state index in [-0.39, 0.29) is 10.5 Å². The van der Waals surface area contributed by atoms with Gasteiger partial charge in [0.2, 0.25) is 16.0 Å². The maximum absolute atomic E-state index is 12.8. The van der Waals surface area contributed by atoms with Gasteiger partial charge in [-0.05, 0) is 50.7 Å². The van der Waals surface area contributed by atoms with E-state index in [1.807, 2.05) is 35.8 Å². The molecule has 2 aromatic carbocycles. The van der Waals surface area contributed by atoms with Gasteiger partial charge < -0.3 is 4.57 Å². The minimum atomic E-state index is -3.63. The lowest BCUT2D eigenvalue weighted by molar-refractivity contribution is 0.102. The predicted molar refractivity (Wildman–Crippen MR) is 101 cm³/mol. The monoisotopic (exact) mass is 372 g/mol. The fourth-order valence-corrected chi connectivity index (χ4v) is 3.55. The summed E-state index contributed by atoms with van der Waals surface area (Å²) in [5, 5.41) is 2.80. The summed E-state index contributed by atoms with van der Waals surface area (Å²) < 4.78 is 28.2. The van der Waals surface area contributed by atoms with Gasteiger partial charge in [0.1, 0.15) is 0 Å². The Hall–Kier alpha value is -2.71. The Bertz CT molecular complexity index is 1090. The first-order valence-corrected chi connectivity index (χ1v) is 9.66. The highest BCUT2D eigenvalue weighted by atomic mass is 32.2. The third-order valence-electron chi connectivity index (χ3n) is 4.23. The Kier molecular flexibility index (Phi) is 4.80. The molecule has 0 bridgehead atoms. The Morgan fingerprint density at radius 2 is 1.92 bits per heavy atom. The van der Waals surface area contributed by atoms with Crippen LogP contribution in [0, 0.1) is 6.92 Å². The summed E-state index contributed by atoms with van der Waals surface area (Å²) >= 11 is 0. The molecule has 136 valence electrons. The second-order valence-electron chi connectivity index (χ2n) is 5.81. The van der Waals surface area contributed by atoms with Gasteiger partial charge in [0.05, 0.1) is 15.9 Å². The van der Waals surface area contributed by atoms with Crippen LogP contribution in [0.4, 0.5) is 5.95 Å². The van der Waals surface area contributed by atoms with Gasteiger partial charge in [0.25, 0.3) is 5.91 Å². The molecule has 0 spiro atoms. The SMILES string of the molecule is CCn1c(NC(=O)c2cc(S(=O)(=O)NC)ccc2C)nc2ccccc21. The number of imidazole rings is 1. The number of amides is 1. The van der Waals surface area contributed by atoms with Crippen molar-refractivity contribution in [2.45, 2.75) is 25.3 Å². The molecule has 7 nitrogen and oxygen atoms in total. The van der Waals surface area contributed by atoms with Crippen LogP contribution >= 0.6 is 0 Å². The van der Waals surface area contributed by atoms with Crippen molar-refractivity contribution in [2.75, 3.05) is 12.4 Å². The number of benzene rings is 2. The zero-order valence-corrected chi connectivity index (χ0v) is 15.6. The maximum Gasteiger partial charge on any atom is 0.258 e. The van der Waals surface area contributed by atoms with Gasteiger partial charge >= 0.3 is 0 Å². The molecule has 2 N–H and O–H groups in total. The molecule has 26 heavy (non-hydrogen) atoms. The topological polar surface area (TPSA) is 93.1 Å². The van der Waals surface area contributed by atoms with Crippen LogP contribution in [0.2, 0.25) is 0 Å². The van der Waals surface area contributed by atoms with E-state index in [1.54, 1.807) is 13.0 Å². The molecule has 0 atom stereocenters. The molecule has 3 aromatic rings. The largest absolute Gasteiger partial charge is 0.310 e. The molecule has 0 aliphatic rings. The first kappa shape index (κ1) is 18.1. The van der Waals surface area contributed by atoms with Crippen LogP contribution in [0.15, 0.2) is 47.4 Å². The van der Waals surface area contributed by atoms with Crippen LogP contribution in [0.1, 0.15) is 22.8 Å². The molecule has 0 radical (unpaired) electrons. The number of anilines is 1. The second kappa shape index (κ2) is 6.89. The lowest BCUT2D eigenvalue weighted by Gasteiger charge is -2.11. The highest BCUT2D eigenvalue weighted by Gasteiger charge is 2.18. The first-order valence-electron chi connectivity index (χ1n) is 8.18. The zero-order chi connectivity index (χ0) is 18.9. The second-order valence-corrected chi connectivity index (χ2v) is 7.69. The van der Waals surface area contributed by atoms with E-state index in [1.165, 1.54) is 19.2 Å². The Balaban J connectivity index is 2.00. The average molecular weight is 372 g/mol. The van der Waals surface area contributed by atoms with E-state index in [4.69, 9.17) is 0 Å². The van der Waals surface area contributed by atoms with Crippen molar-refractivity contribution in [2.24, 2.45) is 0 Å². The van der Waals surface area contributed by atoms with Crippen molar-refractivity contribution in [3.63, 3.8) is 0 Å². The molecule has 0 fully saturated rings. The molecule has 0 unspecified atom stereocenters. The third-order valence-corrected chi connectivity index (χ3v) is 5.64. The minimum absolute atomic E-state index is 0.0414. The molecule has 1 heterocycles. The molecular formula is C18H20N4O3S. The van der Waals surface area contributed by atoms with Gasteiger partial charge in [-0.2, -0.15) is 0 Å². The van der Waals surface area contributed by atoms with Crippen LogP contribution in [0.3, 0.4) is 0 Å². The molecule has 1 aromatic heterocycles. The summed E-state index contributed by atoms with van der Waals surface area (Å²) in [7, 11) is -2.30. The predicted octanol–water partition coefficient (Wildman–Crippen LogP) is 2.53. The Morgan fingerprint density at radius 3 is 2.62 bits per heavy atom. The van der Waals surface area contributed by atoms with Gasteiger partial charge in [0, 0.05) is 12.1 Å². The molecule has 3 rings (SSSR count). The number of hydrogen-bond acceptors (Lipinski definition) is 4. The van der Waals surface area contributed by atoms with Crippen molar-refractivity contribution in [1.82, 2.24) is 14.3 Å². The number of nitrogens with one attached hydrogen (secondary N) is 2. The summed E-state index contributed by atoms with van der Waals surface area (Å²) in [6.45, 7) is 4.37. The Morgan fingerprint density at radius 1 is 1.19 bits per heavy atom. The fourth-order valence-electron chi connectivity index (χ4n) is 2.79. The van der Waals surface area contributed by atoms with E-state index in [2.05, 4.69) is 15.0 Å². The van der Waals surface area contributed by atoms with Crippen molar-refractivity contribution in [1.29, 1.82) is 0 Å². The lowest BCUT2D eigenvalue weighted by atomic mass is 10.1. The molecule has 0 aliphatic heterocycles. The minimum Gasteiger partial charge on any atom is -0.310 e. The third kappa shape index (κ3) is 3.21. The number of nitrogens with zero attached hydrogens (tertiary/aromatic N) is 2. The van der Waals surface area contributed by atoms with Crippen LogP contribution in [0.25, 0.3) is 11.0 Å². The van der Waals surface area contributed by atoms with Gasteiger partial charge in [-0.15, -0.1) is 0 Å². The van der Waals surface area contributed by atoms with E-state index in [0.717, 1.165) is 11.0 Å². The van der Waals surface area contributed by atoms with Crippen molar-refractivity contribution >= 4 is 32.9 Å². The van der Waals surface area contributed by atoms with Crippen LogP contribution in [-0.2, 0) is 16.6 Å². The van der Waals surface area contributed by atoms with E-state index < -0.39 is 15.9 Å². The van der Waals surface area contributed by atoms with E-state index in [9.17, 15) is 13.2 Å². The number of aromatic nitrogens is 2. The Labute approximate surface area is 152 Å². The molecule has 1 amide bonds. The lowest BCUT2D eigenvalue weighted by Crippen LogP contribution is -2.21. The quantitative estimate of drug-likeness (QED) is 0.720. The van der Waals surface area contributed by atoms with Gasteiger partial charge in [-0.25, -0.2) is 18.1 Å². The summed E-state index contributed by atoms with van der Waals surface area (Å²) in [5.41, 5.74) is 2.68. The van der Waals surface area contributed by atoms with Crippen molar-refractivity contribution in [3.05, 3.63) is 53.6 Å². The van der Waals surface area contributed by atoms with Gasteiger partial charge in [-0.3, -0.25) is 10.1 Å². The summed E-state index contributed by atoms with van der Waals surface area (Å²) in [6, 6.07) is 12.1. The number of carbonyl (C=O) groups excluding carboxylic acids is 1. The molecule has 0 saturated heterocycles. The average Bonchev–Trinajstić information content (AvgIpc) is 2.98. The number of hydrogen-bond donors (Lipinski definition) is 2. The van der Waals surface area contributed by atoms with Crippen LogP contribution < -0.4 is 10.0 Å². The van der Waals surface area contributed by atoms with Gasteiger partial charge in [0.15, 0.2) is 0 Å². The van der Waals surface area contributed by atoms with Crippen LogP contribution in [0.5, 0.6) is 0 Å². The van der Waals surface area contributed by atoms with E-state index >= 15 is 0 Å². The number of fused-ring (bicyclic) bond motifs is 1. The van der Waals surface area contributed by atoms with Crippen molar-refractivity contribution in [3.8, 4) is 0 Å². The number of rotatable bonds is 5. The molecular weight excluding hydrogens is 352 g/mol. The smallest absolute Gasteiger partial charge is 0.258 e. The standard InChI is InChI=1S/C18H20N4O3S/c1-4-22-16-8-6-5-7-15(16)20-18(22)21-17(23)14-11-13(10-9-12(14)2)26(24,25)19-3/h5-11,19H,4H2,1-3H3,(H,20,21,23). The molecule has 8 heteroatoms. The number of carbonyl (C=O) groups is 1. The highest BCUT2D eigenvalue weighted by molar-refractivity contribution is 7.89. The number of aryl methyl sites for hydroxylation is 2. The maximum atomic E-state index is 12.8. The highest BCUT2D eigenvalue weighted by Crippen LogP contribution is 2.21.